The third kappa shape index (κ3) is 4.75. The second kappa shape index (κ2) is 6.29. The topological polar surface area (TPSA) is 43.1 Å². The summed E-state index contributed by atoms with van der Waals surface area (Å²) in [6, 6.07) is 6.21. The van der Waals surface area contributed by atoms with Crippen molar-refractivity contribution in [2.75, 3.05) is 0 Å². The first kappa shape index (κ1) is 15.8. The average Bonchev–Trinajstić information content (AvgIpc) is 2.31. The van der Waals surface area contributed by atoms with E-state index in [4.69, 9.17) is 5.73 Å². The maximum absolute atomic E-state index is 12.9. The van der Waals surface area contributed by atoms with Crippen LogP contribution in [0.5, 0.6) is 0 Å². The summed E-state index contributed by atoms with van der Waals surface area (Å²) in [5.74, 6) is 0.207. The molecule has 19 heavy (non-hydrogen) atoms. The number of hydrogen-bond donors (Lipinski definition) is 1. The van der Waals surface area contributed by atoms with E-state index in [1.54, 1.807) is 12.1 Å². The molecular formula is C16H24FNO. The highest BCUT2D eigenvalue weighted by atomic mass is 19.1. The molecule has 1 unspecified atom stereocenters. The zero-order valence-corrected chi connectivity index (χ0v) is 12.2. The minimum Gasteiger partial charge on any atom is -0.327 e. The van der Waals surface area contributed by atoms with Crippen LogP contribution in [0.25, 0.3) is 0 Å². The zero-order chi connectivity index (χ0) is 14.6. The van der Waals surface area contributed by atoms with Gasteiger partial charge >= 0.3 is 0 Å². The Morgan fingerprint density at radius 2 is 1.79 bits per heavy atom. The van der Waals surface area contributed by atoms with Gasteiger partial charge in [0.25, 0.3) is 0 Å². The van der Waals surface area contributed by atoms with E-state index in [1.807, 2.05) is 27.7 Å². The van der Waals surface area contributed by atoms with Crippen molar-refractivity contribution in [3.8, 4) is 0 Å². The summed E-state index contributed by atoms with van der Waals surface area (Å²) in [6.45, 7) is 7.88. The fourth-order valence-electron chi connectivity index (χ4n) is 1.94. The number of carbonyl (C=O) groups is 1. The minimum absolute atomic E-state index is 0.0972. The van der Waals surface area contributed by atoms with Crippen molar-refractivity contribution in [1.82, 2.24) is 0 Å². The first-order chi connectivity index (χ1) is 8.72. The first-order valence-corrected chi connectivity index (χ1v) is 6.75. The molecule has 0 radical (unpaired) electrons. The van der Waals surface area contributed by atoms with Gasteiger partial charge in [-0.3, -0.25) is 4.79 Å². The van der Waals surface area contributed by atoms with Crippen LogP contribution in [-0.2, 0) is 11.2 Å². The average molecular weight is 265 g/mol. The van der Waals surface area contributed by atoms with Crippen molar-refractivity contribution in [2.45, 2.75) is 46.6 Å². The largest absolute Gasteiger partial charge is 0.327 e. The van der Waals surface area contributed by atoms with Gasteiger partial charge in [0.2, 0.25) is 0 Å². The molecule has 0 aliphatic heterocycles. The lowest BCUT2D eigenvalue weighted by molar-refractivity contribution is -0.127. The molecule has 1 atom stereocenters. The molecule has 0 aliphatic rings. The fraction of sp³-hybridized carbons (Fsp3) is 0.562. The van der Waals surface area contributed by atoms with Crippen LogP contribution in [0.3, 0.4) is 0 Å². The first-order valence-electron chi connectivity index (χ1n) is 6.75. The molecule has 2 nitrogen and oxygen atoms in total. The second-order valence-corrected chi connectivity index (χ2v) is 6.22. The summed E-state index contributed by atoms with van der Waals surface area (Å²) < 4.78 is 12.9. The van der Waals surface area contributed by atoms with Gasteiger partial charge in [-0.2, -0.15) is 0 Å². The number of carbonyl (C=O) groups excluding carboxylic acids is 1. The summed E-state index contributed by atoms with van der Waals surface area (Å²) in [5, 5.41) is 0. The number of hydrogen-bond acceptors (Lipinski definition) is 2. The molecule has 0 aliphatic carbocycles. The van der Waals surface area contributed by atoms with E-state index in [0.29, 0.717) is 18.8 Å². The maximum atomic E-state index is 12.9. The van der Waals surface area contributed by atoms with Gasteiger partial charge in [-0.05, 0) is 30.0 Å². The van der Waals surface area contributed by atoms with E-state index in [0.717, 1.165) is 5.56 Å². The number of Topliss-reactive ketones (excluding diaryl/α,β-unsaturated/α-hetero) is 1. The van der Waals surface area contributed by atoms with E-state index in [2.05, 4.69) is 0 Å². The van der Waals surface area contributed by atoms with Crippen molar-refractivity contribution in [1.29, 1.82) is 0 Å². The Bertz CT molecular complexity index is 423. The Hall–Kier alpha value is -1.22. The molecule has 1 aromatic rings. The van der Waals surface area contributed by atoms with Gasteiger partial charge in [0, 0.05) is 17.9 Å². The SMILES string of the molecule is CC(C)C(N)CC(=O)C(C)(C)Cc1ccc(F)cc1. The van der Waals surface area contributed by atoms with Crippen LogP contribution in [0.2, 0.25) is 0 Å². The lowest BCUT2D eigenvalue weighted by Crippen LogP contribution is -2.36. The van der Waals surface area contributed by atoms with Gasteiger partial charge in [-0.1, -0.05) is 39.8 Å². The number of halogens is 1. The Morgan fingerprint density at radius 3 is 2.26 bits per heavy atom. The van der Waals surface area contributed by atoms with Gasteiger partial charge in [0.1, 0.15) is 11.6 Å². The molecule has 0 bridgehead atoms. The monoisotopic (exact) mass is 265 g/mol. The second-order valence-electron chi connectivity index (χ2n) is 6.22. The van der Waals surface area contributed by atoms with Crippen molar-refractivity contribution < 1.29 is 9.18 Å². The van der Waals surface area contributed by atoms with Crippen molar-refractivity contribution >= 4 is 5.78 Å². The minimum atomic E-state index is -0.468. The highest BCUT2D eigenvalue weighted by Gasteiger charge is 2.29. The molecule has 1 aromatic carbocycles. The van der Waals surface area contributed by atoms with Crippen LogP contribution in [0.1, 0.15) is 39.7 Å². The predicted molar refractivity (Wildman–Crippen MR) is 76.3 cm³/mol. The number of nitrogens with two attached hydrogens (primary N) is 1. The van der Waals surface area contributed by atoms with Crippen LogP contribution in [0.15, 0.2) is 24.3 Å². The van der Waals surface area contributed by atoms with E-state index in [-0.39, 0.29) is 17.6 Å². The van der Waals surface area contributed by atoms with Gasteiger partial charge in [0.05, 0.1) is 0 Å². The molecule has 0 spiro atoms. The summed E-state index contributed by atoms with van der Waals surface area (Å²) in [5.41, 5.74) is 6.46. The molecule has 3 heteroatoms. The van der Waals surface area contributed by atoms with E-state index in [9.17, 15) is 9.18 Å². The van der Waals surface area contributed by atoms with E-state index < -0.39 is 5.41 Å². The van der Waals surface area contributed by atoms with E-state index >= 15 is 0 Å². The van der Waals surface area contributed by atoms with Crippen LogP contribution in [0, 0.1) is 17.2 Å². The van der Waals surface area contributed by atoms with Crippen molar-refractivity contribution in [2.24, 2.45) is 17.1 Å². The maximum Gasteiger partial charge on any atom is 0.140 e. The van der Waals surface area contributed by atoms with Crippen LogP contribution >= 0.6 is 0 Å². The van der Waals surface area contributed by atoms with Crippen molar-refractivity contribution in [3.05, 3.63) is 35.6 Å². The highest BCUT2D eigenvalue weighted by Crippen LogP contribution is 2.26. The Morgan fingerprint density at radius 1 is 1.26 bits per heavy atom. The molecule has 2 N–H and O–H groups in total. The third-order valence-electron chi connectivity index (χ3n) is 3.59. The smallest absolute Gasteiger partial charge is 0.140 e. The molecule has 0 heterocycles. The zero-order valence-electron chi connectivity index (χ0n) is 12.2. The van der Waals surface area contributed by atoms with Crippen LogP contribution in [-0.4, -0.2) is 11.8 Å². The summed E-state index contributed by atoms with van der Waals surface area (Å²) in [6.07, 6.45) is 1.00. The fourth-order valence-corrected chi connectivity index (χ4v) is 1.94. The van der Waals surface area contributed by atoms with Gasteiger partial charge in [-0.15, -0.1) is 0 Å². The van der Waals surface area contributed by atoms with Crippen LogP contribution in [0.4, 0.5) is 4.39 Å². The van der Waals surface area contributed by atoms with Gasteiger partial charge < -0.3 is 5.73 Å². The molecule has 106 valence electrons. The summed E-state index contributed by atoms with van der Waals surface area (Å²) >= 11 is 0. The van der Waals surface area contributed by atoms with E-state index in [1.165, 1.54) is 12.1 Å². The third-order valence-corrected chi connectivity index (χ3v) is 3.59. The highest BCUT2D eigenvalue weighted by molar-refractivity contribution is 5.84. The molecule has 0 aromatic heterocycles. The Kier molecular flexibility index (Phi) is 5.24. The Balaban J connectivity index is 2.69. The molecule has 1 rings (SSSR count). The molecule has 0 saturated heterocycles. The molecule has 0 amide bonds. The number of ketones is 1. The summed E-state index contributed by atoms with van der Waals surface area (Å²) in [4.78, 5) is 12.3. The molecule has 0 fully saturated rings. The molecule has 0 saturated carbocycles. The lowest BCUT2D eigenvalue weighted by atomic mass is 9.78. The van der Waals surface area contributed by atoms with Gasteiger partial charge in [-0.25, -0.2) is 4.39 Å². The number of benzene rings is 1. The predicted octanol–water partition coefficient (Wildman–Crippen LogP) is 3.34. The summed E-state index contributed by atoms with van der Waals surface area (Å²) in [7, 11) is 0. The lowest BCUT2D eigenvalue weighted by Gasteiger charge is -2.26. The normalized spacial score (nSPS) is 13.6. The van der Waals surface area contributed by atoms with Crippen molar-refractivity contribution in [3.63, 3.8) is 0 Å². The number of rotatable bonds is 6. The Labute approximate surface area is 115 Å². The molecular weight excluding hydrogens is 241 g/mol. The standard InChI is InChI=1S/C16H24FNO/c1-11(2)14(18)9-15(19)16(3,4)10-12-5-7-13(17)8-6-12/h5-8,11,14H,9-10,18H2,1-4H3. The quantitative estimate of drug-likeness (QED) is 0.857. The van der Waals surface area contributed by atoms with Gasteiger partial charge in [0.15, 0.2) is 0 Å². The van der Waals surface area contributed by atoms with Crippen LogP contribution < -0.4 is 5.73 Å².